The second-order valence-electron chi connectivity index (χ2n) is 5.50. The number of rotatable bonds is 4. The highest BCUT2D eigenvalue weighted by atomic mass is 16.6. The van der Waals surface area contributed by atoms with Crippen LogP contribution in [-0.4, -0.2) is 38.9 Å². The van der Waals surface area contributed by atoms with Gasteiger partial charge in [0.1, 0.15) is 13.2 Å². The van der Waals surface area contributed by atoms with Crippen LogP contribution in [0.15, 0.2) is 29.0 Å². The molecule has 0 spiro atoms. The molecule has 9 heteroatoms. The van der Waals surface area contributed by atoms with Crippen molar-refractivity contribution < 1.29 is 18.7 Å². The quantitative estimate of drug-likeness (QED) is 0.753. The number of amides is 1. The Hall–Kier alpha value is -3.36. The maximum absolute atomic E-state index is 11.2. The number of nitrogens with zero attached hydrogens (tertiary/aromatic N) is 4. The average molecular weight is 341 g/mol. The summed E-state index contributed by atoms with van der Waals surface area (Å²) >= 11 is 0. The van der Waals surface area contributed by atoms with Crippen molar-refractivity contribution in [1.29, 1.82) is 0 Å². The van der Waals surface area contributed by atoms with Gasteiger partial charge in [0.2, 0.25) is 11.7 Å². The molecule has 25 heavy (non-hydrogen) atoms. The number of hydrogen-bond donors (Lipinski definition) is 1. The van der Waals surface area contributed by atoms with Gasteiger partial charge in [-0.25, -0.2) is 14.6 Å². The van der Waals surface area contributed by atoms with Gasteiger partial charge in [-0.1, -0.05) is 0 Å². The van der Waals surface area contributed by atoms with Crippen molar-refractivity contribution >= 4 is 5.91 Å². The van der Waals surface area contributed by atoms with Crippen LogP contribution in [0.25, 0.3) is 17.3 Å². The molecule has 0 bridgehead atoms. The minimum atomic E-state index is -0.514. The molecule has 1 amide bonds. The first-order valence-corrected chi connectivity index (χ1v) is 7.66. The fourth-order valence-corrected chi connectivity index (χ4v) is 2.59. The zero-order valence-corrected chi connectivity index (χ0v) is 13.4. The van der Waals surface area contributed by atoms with E-state index in [0.717, 1.165) is 0 Å². The van der Waals surface area contributed by atoms with E-state index in [-0.39, 0.29) is 6.42 Å². The Morgan fingerprint density at radius 2 is 2.08 bits per heavy atom. The maximum Gasteiger partial charge on any atom is 0.225 e. The smallest absolute Gasteiger partial charge is 0.225 e. The third-order valence-corrected chi connectivity index (χ3v) is 3.70. The Morgan fingerprint density at radius 3 is 2.80 bits per heavy atom. The summed E-state index contributed by atoms with van der Waals surface area (Å²) in [5.41, 5.74) is 6.62. The molecule has 2 aromatic heterocycles. The topological polar surface area (TPSA) is 118 Å². The van der Waals surface area contributed by atoms with Gasteiger partial charge in [0.25, 0.3) is 0 Å². The van der Waals surface area contributed by atoms with E-state index in [1.165, 1.54) is 6.39 Å². The highest BCUT2D eigenvalue weighted by Gasteiger charge is 2.21. The molecule has 2 N–H and O–H groups in total. The first-order valence-electron chi connectivity index (χ1n) is 7.66. The Kier molecular flexibility index (Phi) is 3.60. The molecular formula is C16H15N5O4. The first kappa shape index (κ1) is 15.2. The first-order chi connectivity index (χ1) is 12.1. The summed E-state index contributed by atoms with van der Waals surface area (Å²) in [5.74, 6) is 1.98. The number of carbonyl (C=O) groups is 1. The lowest BCUT2D eigenvalue weighted by atomic mass is 10.2. The number of primary amides is 1. The molecular weight excluding hydrogens is 326 g/mol. The number of nitrogens with two attached hydrogens (primary N) is 1. The highest BCUT2D eigenvalue weighted by molar-refractivity contribution is 5.75. The minimum Gasteiger partial charge on any atom is -0.486 e. The number of oxazole rings is 1. The van der Waals surface area contributed by atoms with Gasteiger partial charge in [-0.15, -0.1) is 0 Å². The van der Waals surface area contributed by atoms with E-state index in [2.05, 4.69) is 15.1 Å². The van der Waals surface area contributed by atoms with E-state index in [1.54, 1.807) is 23.7 Å². The largest absolute Gasteiger partial charge is 0.486 e. The molecule has 0 saturated carbocycles. The summed E-state index contributed by atoms with van der Waals surface area (Å²) in [6.07, 6.45) is 1.26. The lowest BCUT2D eigenvalue weighted by molar-refractivity contribution is -0.117. The predicted octanol–water partition coefficient (Wildman–Crippen LogP) is 1.03. The summed E-state index contributed by atoms with van der Waals surface area (Å²) in [5, 5.41) is 4.39. The van der Waals surface area contributed by atoms with Crippen molar-refractivity contribution in [1.82, 2.24) is 19.7 Å². The number of carbonyl (C=O) groups excluding carboxylic acids is 1. The van der Waals surface area contributed by atoms with Crippen LogP contribution in [0.1, 0.15) is 11.5 Å². The average Bonchev–Trinajstić information content (AvgIpc) is 3.19. The van der Waals surface area contributed by atoms with Crippen molar-refractivity contribution in [3.8, 4) is 28.8 Å². The third-order valence-electron chi connectivity index (χ3n) is 3.70. The molecule has 4 rings (SSSR count). The van der Waals surface area contributed by atoms with Crippen molar-refractivity contribution in [2.24, 2.45) is 5.73 Å². The Labute approximate surface area is 142 Å². The summed E-state index contributed by atoms with van der Waals surface area (Å²) in [7, 11) is 0. The minimum absolute atomic E-state index is 0.0717. The summed E-state index contributed by atoms with van der Waals surface area (Å²) in [6, 6.07) is 5.42. The lowest BCUT2D eigenvalue weighted by Gasteiger charge is -2.19. The molecule has 0 saturated heterocycles. The molecule has 3 aromatic rings. The van der Waals surface area contributed by atoms with E-state index in [0.29, 0.717) is 53.5 Å². The molecule has 1 aliphatic heterocycles. The van der Waals surface area contributed by atoms with Crippen molar-refractivity contribution in [2.45, 2.75) is 13.3 Å². The number of hydrogen-bond acceptors (Lipinski definition) is 7. The Balaban J connectivity index is 1.84. The van der Waals surface area contributed by atoms with E-state index >= 15 is 0 Å². The van der Waals surface area contributed by atoms with Gasteiger partial charge < -0.3 is 19.6 Å². The molecule has 1 aliphatic rings. The molecule has 0 fully saturated rings. The van der Waals surface area contributed by atoms with Crippen LogP contribution >= 0.6 is 0 Å². The molecule has 128 valence electrons. The van der Waals surface area contributed by atoms with Gasteiger partial charge in [0.15, 0.2) is 29.5 Å². The molecule has 0 radical (unpaired) electrons. The second-order valence-corrected chi connectivity index (χ2v) is 5.50. The normalized spacial score (nSPS) is 13.0. The number of aromatic nitrogens is 4. The fourth-order valence-electron chi connectivity index (χ4n) is 2.59. The zero-order chi connectivity index (χ0) is 17.4. The van der Waals surface area contributed by atoms with Gasteiger partial charge in [-0.3, -0.25) is 4.79 Å². The molecule has 9 nitrogen and oxygen atoms in total. The zero-order valence-electron chi connectivity index (χ0n) is 13.4. The summed E-state index contributed by atoms with van der Waals surface area (Å²) < 4.78 is 18.2. The number of aryl methyl sites for hydroxylation is 1. The van der Waals surface area contributed by atoms with Crippen molar-refractivity contribution in [2.75, 3.05) is 13.2 Å². The maximum atomic E-state index is 11.2. The number of benzene rings is 1. The Bertz CT molecular complexity index is 946. The molecule has 3 heterocycles. The number of fused-ring (bicyclic) bond motifs is 1. The SMILES string of the molecule is Cc1ncoc1-c1nc(CC(N)=O)nn1-c1ccc2c(c1)OCCO2. The second kappa shape index (κ2) is 5.93. The third kappa shape index (κ3) is 2.80. The molecule has 0 atom stereocenters. The van der Waals surface area contributed by atoms with Crippen molar-refractivity contribution in [3.63, 3.8) is 0 Å². The molecule has 0 aliphatic carbocycles. The van der Waals surface area contributed by atoms with Crippen molar-refractivity contribution in [3.05, 3.63) is 36.1 Å². The van der Waals surface area contributed by atoms with Crippen LogP contribution in [0.2, 0.25) is 0 Å². The highest BCUT2D eigenvalue weighted by Crippen LogP contribution is 2.33. The van der Waals surface area contributed by atoms with Crippen LogP contribution < -0.4 is 15.2 Å². The Morgan fingerprint density at radius 1 is 1.28 bits per heavy atom. The van der Waals surface area contributed by atoms with Gasteiger partial charge in [0.05, 0.1) is 17.8 Å². The molecule has 1 aromatic carbocycles. The fraction of sp³-hybridized carbons (Fsp3) is 0.250. The lowest BCUT2D eigenvalue weighted by Crippen LogP contribution is -2.16. The van der Waals surface area contributed by atoms with Gasteiger partial charge >= 0.3 is 0 Å². The monoisotopic (exact) mass is 341 g/mol. The summed E-state index contributed by atoms with van der Waals surface area (Å²) in [4.78, 5) is 19.7. The van der Waals surface area contributed by atoms with E-state index in [4.69, 9.17) is 19.6 Å². The van der Waals surface area contributed by atoms with Gasteiger partial charge in [-0.2, -0.15) is 5.10 Å². The van der Waals surface area contributed by atoms with E-state index in [9.17, 15) is 4.79 Å². The van der Waals surface area contributed by atoms with Crippen LogP contribution in [0.4, 0.5) is 0 Å². The standard InChI is InChI=1S/C16H15N5O4/c1-9-15(25-8-18-9)16-19-14(7-13(17)22)20-21(16)10-2-3-11-12(6-10)24-5-4-23-11/h2-3,6,8H,4-5,7H2,1H3,(H2,17,22). The van der Waals surface area contributed by atoms with E-state index in [1.807, 2.05) is 6.07 Å². The predicted molar refractivity (Wildman–Crippen MR) is 85.5 cm³/mol. The molecule has 0 unspecified atom stereocenters. The van der Waals surface area contributed by atoms with E-state index < -0.39 is 5.91 Å². The van der Waals surface area contributed by atoms with Crippen LogP contribution in [0.3, 0.4) is 0 Å². The number of ether oxygens (including phenoxy) is 2. The van der Waals surface area contributed by atoms with Crippen LogP contribution in [-0.2, 0) is 11.2 Å². The van der Waals surface area contributed by atoms with Crippen LogP contribution in [0, 0.1) is 6.92 Å². The van der Waals surface area contributed by atoms with Gasteiger partial charge in [0, 0.05) is 6.07 Å². The van der Waals surface area contributed by atoms with Gasteiger partial charge in [-0.05, 0) is 19.1 Å². The summed E-state index contributed by atoms with van der Waals surface area (Å²) in [6.45, 7) is 2.80. The van der Waals surface area contributed by atoms with Crippen LogP contribution in [0.5, 0.6) is 11.5 Å².